The van der Waals surface area contributed by atoms with E-state index in [0.29, 0.717) is 5.56 Å². The fraction of sp³-hybridized carbons (Fsp3) is 0.0556. The molecule has 3 rings (SSSR count). The Morgan fingerprint density at radius 2 is 1.75 bits per heavy atom. The van der Waals surface area contributed by atoms with Gasteiger partial charge in [0.1, 0.15) is 5.75 Å². The molecule has 0 atom stereocenters. The largest absolute Gasteiger partial charge is 0.507 e. The van der Waals surface area contributed by atoms with Crippen molar-refractivity contribution < 1.29 is 13.5 Å². The van der Waals surface area contributed by atoms with Crippen LogP contribution in [0.25, 0.3) is 10.8 Å². The van der Waals surface area contributed by atoms with Crippen LogP contribution in [-0.2, 0) is 10.0 Å². The third-order valence-electron chi connectivity index (χ3n) is 3.59. The number of hydrogen-bond donors (Lipinski definition) is 2. The Balaban J connectivity index is 1.84. The van der Waals surface area contributed by atoms with Crippen LogP contribution in [-0.4, -0.2) is 19.7 Å². The van der Waals surface area contributed by atoms with Crippen LogP contribution < -0.4 is 4.83 Å². The zero-order chi connectivity index (χ0) is 17.2. The SMILES string of the molecule is Cc1ccc(O)c(/C=N/NS(=O)(=O)c2ccc3ccccc3c2)c1. The van der Waals surface area contributed by atoms with Crippen molar-refractivity contribution in [3.8, 4) is 5.75 Å². The first-order chi connectivity index (χ1) is 11.5. The summed E-state index contributed by atoms with van der Waals surface area (Å²) in [6.07, 6.45) is 1.28. The molecule has 24 heavy (non-hydrogen) atoms. The number of phenols is 1. The summed E-state index contributed by atoms with van der Waals surface area (Å²) < 4.78 is 24.7. The molecule has 2 N–H and O–H groups in total. The van der Waals surface area contributed by atoms with Crippen LogP contribution >= 0.6 is 0 Å². The van der Waals surface area contributed by atoms with Gasteiger partial charge in [-0.3, -0.25) is 0 Å². The van der Waals surface area contributed by atoms with Gasteiger partial charge in [-0.1, -0.05) is 42.0 Å². The zero-order valence-corrected chi connectivity index (χ0v) is 13.8. The van der Waals surface area contributed by atoms with Crippen molar-refractivity contribution in [2.24, 2.45) is 5.10 Å². The van der Waals surface area contributed by atoms with Gasteiger partial charge in [-0.05, 0) is 42.0 Å². The summed E-state index contributed by atoms with van der Waals surface area (Å²) in [6, 6.07) is 17.4. The van der Waals surface area contributed by atoms with E-state index in [1.54, 1.807) is 24.3 Å². The number of hydrazone groups is 1. The molecule has 0 radical (unpaired) electrons. The van der Waals surface area contributed by atoms with Crippen molar-refractivity contribution in [1.29, 1.82) is 0 Å². The van der Waals surface area contributed by atoms with E-state index in [1.165, 1.54) is 18.3 Å². The number of benzene rings is 3. The highest BCUT2D eigenvalue weighted by Crippen LogP contribution is 2.19. The lowest BCUT2D eigenvalue weighted by atomic mass is 10.1. The Bertz CT molecular complexity index is 1030. The highest BCUT2D eigenvalue weighted by molar-refractivity contribution is 7.89. The molecule has 0 aliphatic heterocycles. The molecule has 0 aliphatic rings. The van der Waals surface area contributed by atoms with Crippen LogP contribution in [0.3, 0.4) is 0 Å². The first-order valence-electron chi connectivity index (χ1n) is 7.29. The van der Waals surface area contributed by atoms with E-state index in [2.05, 4.69) is 9.93 Å². The highest BCUT2D eigenvalue weighted by atomic mass is 32.2. The van der Waals surface area contributed by atoms with Gasteiger partial charge in [0, 0.05) is 5.56 Å². The molecule has 0 heterocycles. The van der Waals surface area contributed by atoms with Gasteiger partial charge in [0.15, 0.2) is 0 Å². The molecule has 0 fully saturated rings. The Kier molecular flexibility index (Phi) is 4.22. The molecule has 0 amide bonds. The topological polar surface area (TPSA) is 78.8 Å². The van der Waals surface area contributed by atoms with Gasteiger partial charge in [-0.15, -0.1) is 0 Å². The first-order valence-corrected chi connectivity index (χ1v) is 8.77. The molecular weight excluding hydrogens is 324 g/mol. The average Bonchev–Trinajstić information content (AvgIpc) is 2.57. The number of hydrogen-bond acceptors (Lipinski definition) is 4. The lowest BCUT2D eigenvalue weighted by Gasteiger charge is -2.05. The van der Waals surface area contributed by atoms with E-state index < -0.39 is 10.0 Å². The van der Waals surface area contributed by atoms with Gasteiger partial charge < -0.3 is 5.11 Å². The molecule has 0 unspecified atom stereocenters. The predicted molar refractivity (Wildman–Crippen MR) is 94.7 cm³/mol. The Hall–Kier alpha value is -2.86. The van der Waals surface area contributed by atoms with Gasteiger partial charge in [0.25, 0.3) is 10.0 Å². The van der Waals surface area contributed by atoms with Crippen LogP contribution in [0, 0.1) is 6.92 Å². The summed E-state index contributed by atoms with van der Waals surface area (Å²) in [5.74, 6) is 0.0363. The van der Waals surface area contributed by atoms with Crippen molar-refractivity contribution in [2.45, 2.75) is 11.8 Å². The third-order valence-corrected chi connectivity index (χ3v) is 4.81. The maximum Gasteiger partial charge on any atom is 0.276 e. The van der Waals surface area contributed by atoms with Crippen LogP contribution in [0.5, 0.6) is 5.75 Å². The molecule has 0 bridgehead atoms. The fourth-order valence-electron chi connectivity index (χ4n) is 2.33. The van der Waals surface area contributed by atoms with E-state index in [-0.39, 0.29) is 10.6 Å². The minimum Gasteiger partial charge on any atom is -0.507 e. The molecule has 0 aromatic heterocycles. The van der Waals surface area contributed by atoms with Gasteiger partial charge in [-0.2, -0.15) is 13.5 Å². The fourth-order valence-corrected chi connectivity index (χ4v) is 3.16. The van der Waals surface area contributed by atoms with Gasteiger partial charge in [0.2, 0.25) is 0 Å². The van der Waals surface area contributed by atoms with E-state index in [4.69, 9.17) is 0 Å². The Morgan fingerprint density at radius 3 is 2.54 bits per heavy atom. The molecule has 6 heteroatoms. The van der Waals surface area contributed by atoms with Crippen molar-refractivity contribution in [1.82, 2.24) is 4.83 Å². The van der Waals surface area contributed by atoms with E-state index in [0.717, 1.165) is 16.3 Å². The van der Waals surface area contributed by atoms with Gasteiger partial charge in [-0.25, -0.2) is 4.83 Å². The molecule has 3 aromatic carbocycles. The van der Waals surface area contributed by atoms with Gasteiger partial charge in [0.05, 0.1) is 11.1 Å². The molecule has 5 nitrogen and oxygen atoms in total. The number of rotatable bonds is 4. The molecule has 3 aromatic rings. The molecule has 0 saturated carbocycles. The minimum atomic E-state index is -3.77. The molecule has 0 spiro atoms. The number of aromatic hydroxyl groups is 1. The number of nitrogens with zero attached hydrogens (tertiary/aromatic N) is 1. The molecular formula is C18H16N2O3S. The van der Waals surface area contributed by atoms with Crippen LogP contribution in [0.2, 0.25) is 0 Å². The Morgan fingerprint density at radius 1 is 1.00 bits per heavy atom. The maximum absolute atomic E-state index is 12.3. The van der Waals surface area contributed by atoms with Crippen LogP contribution in [0.4, 0.5) is 0 Å². The highest BCUT2D eigenvalue weighted by Gasteiger charge is 2.13. The van der Waals surface area contributed by atoms with E-state index in [9.17, 15) is 13.5 Å². The number of sulfonamides is 1. The summed E-state index contributed by atoms with van der Waals surface area (Å²) >= 11 is 0. The first kappa shape index (κ1) is 16.0. The minimum absolute atomic E-state index is 0.0363. The van der Waals surface area contributed by atoms with Crippen molar-refractivity contribution in [2.75, 3.05) is 0 Å². The third kappa shape index (κ3) is 3.38. The van der Waals surface area contributed by atoms with Crippen molar-refractivity contribution >= 4 is 27.0 Å². The quantitative estimate of drug-likeness (QED) is 0.565. The monoisotopic (exact) mass is 340 g/mol. The summed E-state index contributed by atoms with van der Waals surface area (Å²) in [7, 11) is -3.77. The van der Waals surface area contributed by atoms with Gasteiger partial charge >= 0.3 is 0 Å². The normalized spacial score (nSPS) is 11.9. The second-order valence-electron chi connectivity index (χ2n) is 5.42. The smallest absolute Gasteiger partial charge is 0.276 e. The van der Waals surface area contributed by atoms with E-state index in [1.807, 2.05) is 31.2 Å². The van der Waals surface area contributed by atoms with Crippen molar-refractivity contribution in [3.05, 3.63) is 71.8 Å². The summed E-state index contributed by atoms with van der Waals surface area (Å²) in [6.45, 7) is 1.87. The van der Waals surface area contributed by atoms with E-state index >= 15 is 0 Å². The number of phenolic OH excluding ortho intramolecular Hbond substituents is 1. The zero-order valence-electron chi connectivity index (χ0n) is 13.0. The van der Waals surface area contributed by atoms with Crippen molar-refractivity contribution in [3.63, 3.8) is 0 Å². The molecule has 122 valence electrons. The molecule has 0 saturated heterocycles. The summed E-state index contributed by atoms with van der Waals surface area (Å²) in [5.41, 5.74) is 1.38. The lowest BCUT2D eigenvalue weighted by molar-refractivity contribution is 0.474. The average molecular weight is 340 g/mol. The standard InChI is InChI=1S/C18H16N2O3S/c1-13-6-9-18(21)16(10-13)12-19-20-24(22,23)17-8-7-14-4-2-3-5-15(14)11-17/h2-12,20-21H,1H3/b19-12+. The van der Waals surface area contributed by atoms with Crippen LogP contribution in [0.1, 0.15) is 11.1 Å². The number of aryl methyl sites for hydroxylation is 1. The second kappa shape index (κ2) is 6.33. The van der Waals surface area contributed by atoms with Crippen LogP contribution in [0.15, 0.2) is 70.7 Å². The lowest BCUT2D eigenvalue weighted by Crippen LogP contribution is -2.18. The second-order valence-corrected chi connectivity index (χ2v) is 7.09. The molecule has 0 aliphatic carbocycles. The summed E-state index contributed by atoms with van der Waals surface area (Å²) in [4.78, 5) is 2.30. The Labute approximate surface area is 140 Å². The number of nitrogens with one attached hydrogen (secondary N) is 1. The number of fused-ring (bicyclic) bond motifs is 1. The predicted octanol–water partition coefficient (Wildman–Crippen LogP) is 3.17. The maximum atomic E-state index is 12.3. The summed E-state index contributed by atoms with van der Waals surface area (Å²) in [5, 5.41) is 15.3.